The maximum atomic E-state index is 12.6. The van der Waals surface area contributed by atoms with Gasteiger partial charge in [0, 0.05) is 12.7 Å². The van der Waals surface area contributed by atoms with Gasteiger partial charge in [0.1, 0.15) is 5.75 Å². The Morgan fingerprint density at radius 1 is 1.00 bits per heavy atom. The fraction of sp³-hybridized carbons (Fsp3) is 0.235. The lowest BCUT2D eigenvalue weighted by molar-refractivity contribution is 0.0888. The van der Waals surface area contributed by atoms with E-state index in [4.69, 9.17) is 9.47 Å². The molecule has 0 saturated carbocycles. The predicted molar refractivity (Wildman–Crippen MR) is 78.4 cm³/mol. The molecule has 0 N–H and O–H groups in total. The Balaban J connectivity index is 2.28. The van der Waals surface area contributed by atoms with Gasteiger partial charge in [0.05, 0.1) is 19.6 Å². The van der Waals surface area contributed by atoms with Crippen LogP contribution >= 0.6 is 0 Å². The highest BCUT2D eigenvalue weighted by atomic mass is 16.5. The molecule has 2 aromatic carbocycles. The number of hydrogen-bond donors (Lipinski definition) is 0. The molecular weight excluding hydrogens is 252 g/mol. The van der Waals surface area contributed by atoms with Crippen LogP contribution in [0.3, 0.4) is 0 Å². The van der Waals surface area contributed by atoms with E-state index in [1.807, 2.05) is 54.6 Å². The lowest BCUT2D eigenvalue weighted by atomic mass is 9.91. The molecule has 1 unspecified atom stereocenters. The number of hydrogen-bond acceptors (Lipinski definition) is 3. The first-order valence-electron chi connectivity index (χ1n) is 6.48. The Morgan fingerprint density at radius 3 is 2.20 bits per heavy atom. The first kappa shape index (κ1) is 14.3. The van der Waals surface area contributed by atoms with Crippen LogP contribution in [0.1, 0.15) is 21.8 Å². The molecule has 0 aliphatic heterocycles. The zero-order valence-corrected chi connectivity index (χ0v) is 11.7. The summed E-state index contributed by atoms with van der Waals surface area (Å²) in [4.78, 5) is 12.6. The Morgan fingerprint density at radius 2 is 1.65 bits per heavy atom. The second-order valence-corrected chi connectivity index (χ2v) is 4.51. The Bertz CT molecular complexity index is 546. The van der Waals surface area contributed by atoms with Crippen LogP contribution in [-0.2, 0) is 4.74 Å². The number of carbonyl (C=O) groups excluding carboxylic acids is 1. The van der Waals surface area contributed by atoms with Crippen LogP contribution in [0.2, 0.25) is 0 Å². The summed E-state index contributed by atoms with van der Waals surface area (Å²) in [7, 11) is 3.23. The van der Waals surface area contributed by atoms with Gasteiger partial charge in [-0.15, -0.1) is 0 Å². The van der Waals surface area contributed by atoms with Crippen LogP contribution in [0.25, 0.3) is 0 Å². The summed E-state index contributed by atoms with van der Waals surface area (Å²) in [6.45, 7) is 0.361. The Labute approximate surface area is 119 Å². The van der Waals surface area contributed by atoms with Crippen molar-refractivity contribution in [3.05, 3.63) is 65.7 Å². The average molecular weight is 270 g/mol. The maximum Gasteiger partial charge on any atom is 0.172 e. The SMILES string of the molecule is COCC(C(=O)c1ccccc1)c1ccc(OC)cc1. The summed E-state index contributed by atoms with van der Waals surface area (Å²) < 4.78 is 10.3. The normalized spacial score (nSPS) is 11.9. The number of Topliss-reactive ketones (excluding diaryl/α,β-unsaturated/α-hetero) is 1. The maximum absolute atomic E-state index is 12.6. The molecule has 0 radical (unpaired) electrons. The fourth-order valence-corrected chi connectivity index (χ4v) is 2.13. The lowest BCUT2D eigenvalue weighted by Gasteiger charge is -2.16. The summed E-state index contributed by atoms with van der Waals surface area (Å²) in [5, 5.41) is 0. The fourth-order valence-electron chi connectivity index (χ4n) is 2.13. The predicted octanol–water partition coefficient (Wildman–Crippen LogP) is 3.31. The van der Waals surface area contributed by atoms with Gasteiger partial charge in [0.2, 0.25) is 0 Å². The monoisotopic (exact) mass is 270 g/mol. The molecule has 2 aromatic rings. The highest BCUT2D eigenvalue weighted by Crippen LogP contribution is 2.23. The van der Waals surface area contributed by atoms with E-state index in [0.29, 0.717) is 12.2 Å². The van der Waals surface area contributed by atoms with E-state index in [2.05, 4.69) is 0 Å². The quantitative estimate of drug-likeness (QED) is 0.755. The van der Waals surface area contributed by atoms with E-state index < -0.39 is 0 Å². The molecule has 1 atom stereocenters. The number of benzene rings is 2. The van der Waals surface area contributed by atoms with E-state index in [1.54, 1.807) is 14.2 Å². The molecule has 104 valence electrons. The van der Waals surface area contributed by atoms with E-state index in [1.165, 1.54) is 0 Å². The highest BCUT2D eigenvalue weighted by Gasteiger charge is 2.21. The van der Waals surface area contributed by atoms with Crippen LogP contribution in [0.15, 0.2) is 54.6 Å². The van der Waals surface area contributed by atoms with Crippen LogP contribution in [-0.4, -0.2) is 26.6 Å². The molecule has 20 heavy (non-hydrogen) atoms. The molecular formula is C17H18O3. The van der Waals surface area contributed by atoms with Gasteiger partial charge >= 0.3 is 0 Å². The minimum absolute atomic E-state index is 0.0672. The molecule has 0 bridgehead atoms. The highest BCUT2D eigenvalue weighted by molar-refractivity contribution is 6.01. The molecule has 0 fully saturated rings. The third-order valence-electron chi connectivity index (χ3n) is 3.23. The Kier molecular flexibility index (Phi) is 4.91. The smallest absolute Gasteiger partial charge is 0.172 e. The van der Waals surface area contributed by atoms with Gasteiger partial charge in [0.25, 0.3) is 0 Å². The van der Waals surface area contributed by atoms with Crippen molar-refractivity contribution < 1.29 is 14.3 Å². The van der Waals surface area contributed by atoms with Gasteiger partial charge in [0.15, 0.2) is 5.78 Å². The van der Waals surface area contributed by atoms with Crippen molar-refractivity contribution >= 4 is 5.78 Å². The van der Waals surface area contributed by atoms with Crippen LogP contribution in [0.4, 0.5) is 0 Å². The summed E-state index contributed by atoms with van der Waals surface area (Å²) in [6, 6.07) is 16.8. The van der Waals surface area contributed by atoms with E-state index in [9.17, 15) is 4.79 Å². The van der Waals surface area contributed by atoms with Crippen LogP contribution in [0, 0.1) is 0 Å². The molecule has 0 aliphatic rings. The first-order valence-corrected chi connectivity index (χ1v) is 6.48. The van der Waals surface area contributed by atoms with Gasteiger partial charge in [-0.1, -0.05) is 42.5 Å². The number of rotatable bonds is 6. The van der Waals surface area contributed by atoms with Gasteiger partial charge in [-0.05, 0) is 17.7 Å². The van der Waals surface area contributed by atoms with Crippen molar-refractivity contribution in [3.63, 3.8) is 0 Å². The largest absolute Gasteiger partial charge is 0.497 e. The molecule has 3 nitrogen and oxygen atoms in total. The number of ether oxygens (including phenoxy) is 2. The topological polar surface area (TPSA) is 35.5 Å². The van der Waals surface area contributed by atoms with E-state index in [0.717, 1.165) is 11.3 Å². The van der Waals surface area contributed by atoms with E-state index in [-0.39, 0.29) is 11.7 Å². The molecule has 2 rings (SSSR count). The van der Waals surface area contributed by atoms with Crippen LogP contribution < -0.4 is 4.74 Å². The second kappa shape index (κ2) is 6.87. The van der Waals surface area contributed by atoms with Crippen molar-refractivity contribution in [2.24, 2.45) is 0 Å². The zero-order valence-electron chi connectivity index (χ0n) is 11.7. The van der Waals surface area contributed by atoms with E-state index >= 15 is 0 Å². The van der Waals surface area contributed by atoms with Crippen molar-refractivity contribution in [2.75, 3.05) is 20.8 Å². The minimum Gasteiger partial charge on any atom is -0.497 e. The summed E-state index contributed by atoms with van der Waals surface area (Å²) in [5.41, 5.74) is 1.63. The third kappa shape index (κ3) is 3.25. The average Bonchev–Trinajstić information content (AvgIpc) is 2.53. The van der Waals surface area contributed by atoms with Crippen molar-refractivity contribution in [2.45, 2.75) is 5.92 Å². The first-order chi connectivity index (χ1) is 9.76. The van der Waals surface area contributed by atoms with Crippen molar-refractivity contribution in [3.8, 4) is 5.75 Å². The van der Waals surface area contributed by atoms with Crippen molar-refractivity contribution in [1.29, 1.82) is 0 Å². The molecule has 0 aromatic heterocycles. The van der Waals surface area contributed by atoms with Gasteiger partial charge in [-0.25, -0.2) is 0 Å². The molecule has 0 amide bonds. The minimum atomic E-state index is -0.298. The molecule has 0 aliphatic carbocycles. The van der Waals surface area contributed by atoms with Gasteiger partial charge < -0.3 is 9.47 Å². The standard InChI is InChI=1S/C17H18O3/c1-19-12-16(13-8-10-15(20-2)11-9-13)17(18)14-6-4-3-5-7-14/h3-11,16H,12H2,1-2H3. The molecule has 3 heteroatoms. The summed E-state index contributed by atoms with van der Waals surface area (Å²) in [6.07, 6.45) is 0. The molecule has 0 saturated heterocycles. The van der Waals surface area contributed by atoms with Gasteiger partial charge in [-0.3, -0.25) is 4.79 Å². The van der Waals surface area contributed by atoms with Gasteiger partial charge in [-0.2, -0.15) is 0 Å². The zero-order chi connectivity index (χ0) is 14.4. The van der Waals surface area contributed by atoms with Crippen LogP contribution in [0.5, 0.6) is 5.75 Å². The number of ketones is 1. The summed E-state index contributed by atoms with van der Waals surface area (Å²) >= 11 is 0. The third-order valence-corrected chi connectivity index (χ3v) is 3.23. The number of methoxy groups -OCH3 is 2. The second-order valence-electron chi connectivity index (χ2n) is 4.51. The van der Waals surface area contributed by atoms with Crippen molar-refractivity contribution in [1.82, 2.24) is 0 Å². The molecule has 0 spiro atoms. The summed E-state index contributed by atoms with van der Waals surface area (Å²) in [5.74, 6) is 0.544. The molecule has 0 heterocycles. The lowest BCUT2D eigenvalue weighted by Crippen LogP contribution is -2.18. The number of carbonyl (C=O) groups is 1. The Hall–Kier alpha value is -2.13.